The molecule has 0 aliphatic heterocycles. The lowest BCUT2D eigenvalue weighted by atomic mass is 10.1. The lowest BCUT2D eigenvalue weighted by Crippen LogP contribution is -2.21. The van der Waals surface area contributed by atoms with E-state index < -0.39 is 0 Å². The standard InChI is InChI=1S/C12H18BrN/c1-8(2)10(4)14-11-5-6-12(13)9(3)7-11/h5-8,10,14H,1-4H3. The molecule has 0 radical (unpaired) electrons. The zero-order valence-electron chi connectivity index (χ0n) is 9.26. The molecule has 0 aliphatic rings. The third-order valence-electron chi connectivity index (χ3n) is 2.55. The molecule has 0 fully saturated rings. The molecule has 0 amide bonds. The van der Waals surface area contributed by atoms with Crippen LogP contribution in [-0.2, 0) is 0 Å². The highest BCUT2D eigenvalue weighted by Crippen LogP contribution is 2.21. The highest BCUT2D eigenvalue weighted by atomic mass is 79.9. The summed E-state index contributed by atoms with van der Waals surface area (Å²) in [5, 5.41) is 3.49. The first-order chi connectivity index (χ1) is 6.50. The molecular weight excluding hydrogens is 238 g/mol. The highest BCUT2D eigenvalue weighted by molar-refractivity contribution is 9.10. The fraction of sp³-hybridized carbons (Fsp3) is 0.500. The van der Waals surface area contributed by atoms with Crippen LogP contribution in [0.1, 0.15) is 26.3 Å². The van der Waals surface area contributed by atoms with Crippen LogP contribution in [0.3, 0.4) is 0 Å². The maximum atomic E-state index is 3.50. The van der Waals surface area contributed by atoms with Gasteiger partial charge < -0.3 is 5.32 Å². The molecule has 0 aromatic heterocycles. The molecule has 2 heteroatoms. The zero-order valence-corrected chi connectivity index (χ0v) is 10.9. The van der Waals surface area contributed by atoms with Crippen molar-refractivity contribution in [1.29, 1.82) is 0 Å². The first-order valence-corrected chi connectivity index (χ1v) is 5.82. The van der Waals surface area contributed by atoms with Gasteiger partial charge in [-0.3, -0.25) is 0 Å². The van der Waals surface area contributed by atoms with Gasteiger partial charge in [0.1, 0.15) is 0 Å². The molecule has 0 aliphatic carbocycles. The molecule has 0 bridgehead atoms. The Hall–Kier alpha value is -0.500. The molecule has 1 atom stereocenters. The molecule has 1 aromatic rings. The monoisotopic (exact) mass is 255 g/mol. The Morgan fingerprint density at radius 1 is 1.21 bits per heavy atom. The lowest BCUT2D eigenvalue weighted by Gasteiger charge is -2.19. The fourth-order valence-corrected chi connectivity index (χ4v) is 1.41. The molecule has 0 heterocycles. The minimum atomic E-state index is 0.510. The number of halogens is 1. The van der Waals surface area contributed by atoms with Crippen molar-refractivity contribution < 1.29 is 0 Å². The van der Waals surface area contributed by atoms with E-state index >= 15 is 0 Å². The fourth-order valence-electron chi connectivity index (χ4n) is 1.16. The number of anilines is 1. The predicted octanol–water partition coefficient (Wildman–Crippen LogP) is 4.21. The van der Waals surface area contributed by atoms with Crippen LogP contribution in [0.25, 0.3) is 0 Å². The number of benzene rings is 1. The maximum Gasteiger partial charge on any atom is 0.0345 e. The summed E-state index contributed by atoms with van der Waals surface area (Å²) in [7, 11) is 0. The summed E-state index contributed by atoms with van der Waals surface area (Å²) in [4.78, 5) is 0. The van der Waals surface area contributed by atoms with Crippen molar-refractivity contribution in [3.05, 3.63) is 28.2 Å². The second-order valence-corrected chi connectivity index (χ2v) is 5.00. The van der Waals surface area contributed by atoms with Crippen molar-refractivity contribution in [3.63, 3.8) is 0 Å². The van der Waals surface area contributed by atoms with Crippen molar-refractivity contribution in [2.45, 2.75) is 33.7 Å². The molecule has 1 N–H and O–H groups in total. The zero-order chi connectivity index (χ0) is 10.7. The number of aryl methyl sites for hydroxylation is 1. The topological polar surface area (TPSA) is 12.0 Å². The van der Waals surface area contributed by atoms with Gasteiger partial charge in [-0.2, -0.15) is 0 Å². The van der Waals surface area contributed by atoms with Crippen LogP contribution in [0.4, 0.5) is 5.69 Å². The van der Waals surface area contributed by atoms with Gasteiger partial charge >= 0.3 is 0 Å². The highest BCUT2D eigenvalue weighted by Gasteiger charge is 2.06. The van der Waals surface area contributed by atoms with E-state index in [9.17, 15) is 0 Å². The molecule has 78 valence electrons. The van der Waals surface area contributed by atoms with Crippen molar-refractivity contribution >= 4 is 21.6 Å². The van der Waals surface area contributed by atoms with Crippen LogP contribution < -0.4 is 5.32 Å². The van der Waals surface area contributed by atoms with Crippen LogP contribution >= 0.6 is 15.9 Å². The predicted molar refractivity (Wildman–Crippen MR) is 66.8 cm³/mol. The first kappa shape index (κ1) is 11.6. The SMILES string of the molecule is Cc1cc(NC(C)C(C)C)ccc1Br. The van der Waals surface area contributed by atoms with Crippen molar-refractivity contribution in [3.8, 4) is 0 Å². The summed E-state index contributed by atoms with van der Waals surface area (Å²) in [5.74, 6) is 0.652. The van der Waals surface area contributed by atoms with E-state index in [0.29, 0.717) is 12.0 Å². The maximum absolute atomic E-state index is 3.50. The van der Waals surface area contributed by atoms with Crippen LogP contribution in [0.5, 0.6) is 0 Å². The molecule has 0 saturated heterocycles. The van der Waals surface area contributed by atoms with E-state index in [4.69, 9.17) is 0 Å². The Morgan fingerprint density at radius 3 is 2.36 bits per heavy atom. The van der Waals surface area contributed by atoms with E-state index in [2.05, 4.69) is 67.1 Å². The Kier molecular flexibility index (Phi) is 3.99. The lowest BCUT2D eigenvalue weighted by molar-refractivity contribution is 0.560. The van der Waals surface area contributed by atoms with Crippen LogP contribution in [0.15, 0.2) is 22.7 Å². The van der Waals surface area contributed by atoms with Gasteiger partial charge in [-0.15, -0.1) is 0 Å². The van der Waals surface area contributed by atoms with Crippen LogP contribution in [0.2, 0.25) is 0 Å². The Labute approximate surface area is 95.0 Å². The average Bonchev–Trinajstić information content (AvgIpc) is 2.11. The van der Waals surface area contributed by atoms with E-state index in [1.54, 1.807) is 0 Å². The third-order valence-corrected chi connectivity index (χ3v) is 3.44. The number of nitrogens with one attached hydrogen (secondary N) is 1. The van der Waals surface area contributed by atoms with Gasteiger partial charge in [0, 0.05) is 16.2 Å². The smallest absolute Gasteiger partial charge is 0.0345 e. The average molecular weight is 256 g/mol. The minimum Gasteiger partial charge on any atom is -0.382 e. The molecule has 1 unspecified atom stereocenters. The van der Waals surface area contributed by atoms with E-state index in [1.165, 1.54) is 15.7 Å². The van der Waals surface area contributed by atoms with Gasteiger partial charge in [0.15, 0.2) is 0 Å². The van der Waals surface area contributed by atoms with E-state index in [1.807, 2.05) is 0 Å². The summed E-state index contributed by atoms with van der Waals surface area (Å²) in [6.07, 6.45) is 0. The van der Waals surface area contributed by atoms with Gasteiger partial charge in [0.2, 0.25) is 0 Å². The van der Waals surface area contributed by atoms with Gasteiger partial charge in [-0.25, -0.2) is 0 Å². The summed E-state index contributed by atoms with van der Waals surface area (Å²) < 4.78 is 1.17. The van der Waals surface area contributed by atoms with Crippen LogP contribution in [-0.4, -0.2) is 6.04 Å². The quantitative estimate of drug-likeness (QED) is 0.854. The molecule has 14 heavy (non-hydrogen) atoms. The summed E-state index contributed by atoms with van der Waals surface area (Å²) in [5.41, 5.74) is 2.47. The molecule has 1 nitrogen and oxygen atoms in total. The minimum absolute atomic E-state index is 0.510. The molecule has 1 aromatic carbocycles. The van der Waals surface area contributed by atoms with Gasteiger partial charge in [-0.05, 0) is 43.5 Å². The second-order valence-electron chi connectivity index (χ2n) is 4.14. The summed E-state index contributed by atoms with van der Waals surface area (Å²) >= 11 is 3.50. The van der Waals surface area contributed by atoms with Crippen molar-refractivity contribution in [2.75, 3.05) is 5.32 Å². The number of hydrogen-bond acceptors (Lipinski definition) is 1. The normalized spacial score (nSPS) is 13.0. The van der Waals surface area contributed by atoms with E-state index in [0.717, 1.165) is 0 Å². The first-order valence-electron chi connectivity index (χ1n) is 5.03. The molecule has 1 rings (SSSR count). The van der Waals surface area contributed by atoms with Crippen LogP contribution in [0, 0.1) is 12.8 Å². The Balaban J connectivity index is 2.73. The summed E-state index contributed by atoms with van der Waals surface area (Å²) in [6, 6.07) is 6.87. The number of hydrogen-bond donors (Lipinski definition) is 1. The van der Waals surface area contributed by atoms with Gasteiger partial charge in [0.05, 0.1) is 0 Å². The van der Waals surface area contributed by atoms with Gasteiger partial charge in [-0.1, -0.05) is 29.8 Å². The second kappa shape index (κ2) is 4.83. The Morgan fingerprint density at radius 2 is 1.86 bits per heavy atom. The largest absolute Gasteiger partial charge is 0.382 e. The number of rotatable bonds is 3. The molecule has 0 saturated carbocycles. The van der Waals surface area contributed by atoms with Crippen molar-refractivity contribution in [2.24, 2.45) is 5.92 Å². The van der Waals surface area contributed by atoms with E-state index in [-0.39, 0.29) is 0 Å². The summed E-state index contributed by atoms with van der Waals surface area (Å²) in [6.45, 7) is 8.77. The molecule has 0 spiro atoms. The van der Waals surface area contributed by atoms with Crippen molar-refractivity contribution in [1.82, 2.24) is 0 Å². The van der Waals surface area contributed by atoms with Gasteiger partial charge in [0.25, 0.3) is 0 Å². The third kappa shape index (κ3) is 3.02. The Bertz CT molecular complexity index is 307. The molecular formula is C12H18BrN.